The molecule has 1 atom stereocenters. The fourth-order valence-corrected chi connectivity index (χ4v) is 4.86. The number of aromatic amines is 1. The van der Waals surface area contributed by atoms with E-state index in [2.05, 4.69) is 57.7 Å². The Hall–Kier alpha value is -2.44. The number of carbonyl (C=O) groups excluding carboxylic acids is 1. The number of H-pyrrole nitrogens is 1. The number of benzene rings is 1. The van der Waals surface area contributed by atoms with Gasteiger partial charge in [0.1, 0.15) is 0 Å². The van der Waals surface area contributed by atoms with Crippen molar-refractivity contribution in [2.75, 3.05) is 13.6 Å². The summed E-state index contributed by atoms with van der Waals surface area (Å²) in [6.45, 7) is 4.02. The monoisotopic (exact) mass is 380 g/mol. The normalized spacial score (nSPS) is 17.3. The maximum atomic E-state index is 11.9. The number of rotatable bonds is 5. The average molecular weight is 381 g/mol. The molecule has 0 bridgehead atoms. The zero-order valence-corrected chi connectivity index (χ0v) is 16.5. The molecule has 1 saturated heterocycles. The first-order chi connectivity index (χ1) is 13.2. The number of thiophene rings is 1. The molecule has 1 amide bonds. The number of hydrogen-bond donors (Lipinski definition) is 2. The highest BCUT2D eigenvalue weighted by Gasteiger charge is 2.28. The molecule has 0 aliphatic carbocycles. The molecule has 0 radical (unpaired) electrons. The molecule has 27 heavy (non-hydrogen) atoms. The van der Waals surface area contributed by atoms with E-state index in [0.717, 1.165) is 30.1 Å². The van der Waals surface area contributed by atoms with Gasteiger partial charge in [-0.1, -0.05) is 29.8 Å². The van der Waals surface area contributed by atoms with E-state index in [4.69, 9.17) is 0 Å². The summed E-state index contributed by atoms with van der Waals surface area (Å²) in [5, 5.41) is 10.2. The van der Waals surface area contributed by atoms with Gasteiger partial charge in [0.05, 0.1) is 16.8 Å². The van der Waals surface area contributed by atoms with Crippen LogP contribution in [0.3, 0.4) is 0 Å². The minimum Gasteiger partial charge on any atom is -0.354 e. The third-order valence-corrected chi connectivity index (χ3v) is 6.39. The van der Waals surface area contributed by atoms with Gasteiger partial charge in [-0.25, -0.2) is 0 Å². The molecule has 1 aromatic carbocycles. The first kappa shape index (κ1) is 17.9. The predicted octanol–water partition coefficient (Wildman–Crippen LogP) is 4.14. The molecule has 0 unspecified atom stereocenters. The summed E-state index contributed by atoms with van der Waals surface area (Å²) < 4.78 is 0. The topological polar surface area (TPSA) is 61.0 Å². The van der Waals surface area contributed by atoms with Gasteiger partial charge in [0.2, 0.25) is 0 Å². The first-order valence-electron chi connectivity index (χ1n) is 9.31. The van der Waals surface area contributed by atoms with Crippen LogP contribution in [0.25, 0.3) is 11.3 Å². The van der Waals surface area contributed by atoms with Gasteiger partial charge < -0.3 is 5.32 Å². The van der Waals surface area contributed by atoms with Gasteiger partial charge in [-0.2, -0.15) is 5.10 Å². The fraction of sp³-hybridized carbons (Fsp3) is 0.333. The molecular formula is C21H24N4OS. The molecule has 1 fully saturated rings. The fourth-order valence-electron chi connectivity index (χ4n) is 3.73. The first-order valence-corrected chi connectivity index (χ1v) is 10.1. The Bertz CT molecular complexity index is 928. The maximum absolute atomic E-state index is 11.9. The summed E-state index contributed by atoms with van der Waals surface area (Å²) in [6, 6.07) is 13.0. The number of likely N-dealkylation sites (tertiary alicyclic amines) is 1. The van der Waals surface area contributed by atoms with E-state index >= 15 is 0 Å². The summed E-state index contributed by atoms with van der Waals surface area (Å²) in [4.78, 5) is 16.4. The van der Waals surface area contributed by atoms with Crippen molar-refractivity contribution in [3.63, 3.8) is 0 Å². The second-order valence-corrected chi connectivity index (χ2v) is 8.16. The Morgan fingerprint density at radius 1 is 1.30 bits per heavy atom. The number of nitrogens with one attached hydrogen (secondary N) is 2. The second kappa shape index (κ2) is 7.66. The van der Waals surface area contributed by atoms with Crippen LogP contribution in [0.2, 0.25) is 0 Å². The lowest BCUT2D eigenvalue weighted by Crippen LogP contribution is -2.22. The molecule has 6 heteroatoms. The lowest BCUT2D eigenvalue weighted by molar-refractivity contribution is 0.0967. The van der Waals surface area contributed by atoms with E-state index in [9.17, 15) is 4.79 Å². The van der Waals surface area contributed by atoms with Gasteiger partial charge in [-0.15, -0.1) is 11.3 Å². The quantitative estimate of drug-likeness (QED) is 0.699. The standard InChI is InChI=1S/C21H24N4OS/c1-14-5-7-15(8-6-14)20-16(12-23-24-20)13-25-11-3-4-17(25)18-9-10-19(27-18)21(26)22-2/h5-10,12,17H,3-4,11,13H2,1-2H3,(H,22,26)(H,23,24)/t17-/m0/s1. The highest BCUT2D eigenvalue weighted by molar-refractivity contribution is 7.14. The minimum atomic E-state index is -0.00714. The lowest BCUT2D eigenvalue weighted by Gasteiger charge is -2.23. The summed E-state index contributed by atoms with van der Waals surface area (Å²) >= 11 is 1.60. The van der Waals surface area contributed by atoms with Gasteiger partial charge >= 0.3 is 0 Å². The van der Waals surface area contributed by atoms with E-state index in [0.29, 0.717) is 6.04 Å². The third kappa shape index (κ3) is 3.68. The highest BCUT2D eigenvalue weighted by atomic mass is 32.1. The third-order valence-electron chi connectivity index (χ3n) is 5.20. The Morgan fingerprint density at radius 2 is 2.11 bits per heavy atom. The van der Waals surface area contributed by atoms with Crippen molar-refractivity contribution in [3.05, 3.63) is 63.5 Å². The van der Waals surface area contributed by atoms with Crippen molar-refractivity contribution < 1.29 is 4.79 Å². The van der Waals surface area contributed by atoms with Crippen molar-refractivity contribution in [2.24, 2.45) is 0 Å². The molecule has 140 valence electrons. The van der Waals surface area contributed by atoms with Crippen LogP contribution in [0, 0.1) is 6.92 Å². The Morgan fingerprint density at radius 3 is 2.89 bits per heavy atom. The molecule has 0 spiro atoms. The number of aromatic nitrogens is 2. The van der Waals surface area contributed by atoms with Crippen LogP contribution < -0.4 is 5.32 Å². The lowest BCUT2D eigenvalue weighted by atomic mass is 10.1. The second-order valence-electron chi connectivity index (χ2n) is 7.05. The Balaban J connectivity index is 1.54. The van der Waals surface area contributed by atoms with Crippen LogP contribution in [0.1, 0.15) is 44.6 Å². The minimum absolute atomic E-state index is 0.00714. The number of hydrogen-bond acceptors (Lipinski definition) is 4. The van der Waals surface area contributed by atoms with E-state index < -0.39 is 0 Å². The van der Waals surface area contributed by atoms with Crippen LogP contribution in [0.4, 0.5) is 0 Å². The van der Waals surface area contributed by atoms with E-state index in [-0.39, 0.29) is 5.91 Å². The number of aryl methyl sites for hydroxylation is 1. The SMILES string of the molecule is CNC(=O)c1ccc([C@@H]2CCCN2Cc2cn[nH]c2-c2ccc(C)cc2)s1. The van der Waals surface area contributed by atoms with Crippen LogP contribution in [0.5, 0.6) is 0 Å². The number of nitrogens with zero attached hydrogens (tertiary/aromatic N) is 2. The van der Waals surface area contributed by atoms with Crippen molar-refractivity contribution in [2.45, 2.75) is 32.4 Å². The molecule has 0 saturated carbocycles. The molecule has 1 aliphatic rings. The molecule has 2 aromatic heterocycles. The molecule has 2 N–H and O–H groups in total. The van der Waals surface area contributed by atoms with Crippen molar-refractivity contribution >= 4 is 17.2 Å². The summed E-state index contributed by atoms with van der Waals surface area (Å²) in [7, 11) is 1.68. The number of carbonyl (C=O) groups is 1. The van der Waals surface area contributed by atoms with Crippen LogP contribution >= 0.6 is 11.3 Å². The Labute approximate surface area is 163 Å². The van der Waals surface area contributed by atoms with E-state index in [1.807, 2.05) is 12.3 Å². The average Bonchev–Trinajstić information content (AvgIpc) is 3.42. The van der Waals surface area contributed by atoms with Crippen molar-refractivity contribution in [1.29, 1.82) is 0 Å². The molecule has 5 nitrogen and oxygen atoms in total. The summed E-state index contributed by atoms with van der Waals surface area (Å²) in [6.07, 6.45) is 4.25. The van der Waals surface area contributed by atoms with E-state index in [1.54, 1.807) is 18.4 Å². The van der Waals surface area contributed by atoms with E-state index in [1.165, 1.54) is 28.0 Å². The van der Waals surface area contributed by atoms with Crippen LogP contribution in [-0.4, -0.2) is 34.6 Å². The summed E-state index contributed by atoms with van der Waals surface area (Å²) in [5.74, 6) is -0.00714. The highest BCUT2D eigenvalue weighted by Crippen LogP contribution is 2.37. The van der Waals surface area contributed by atoms with Crippen molar-refractivity contribution in [1.82, 2.24) is 20.4 Å². The summed E-state index contributed by atoms with van der Waals surface area (Å²) in [5.41, 5.74) is 4.73. The van der Waals surface area contributed by atoms with Crippen LogP contribution in [-0.2, 0) is 6.54 Å². The number of amides is 1. The Kier molecular flexibility index (Phi) is 5.09. The molecule has 1 aliphatic heterocycles. The zero-order chi connectivity index (χ0) is 18.8. The molecule has 4 rings (SSSR count). The van der Waals surface area contributed by atoms with Gasteiger partial charge in [0, 0.05) is 30.1 Å². The van der Waals surface area contributed by atoms with Gasteiger partial charge in [-0.3, -0.25) is 14.8 Å². The van der Waals surface area contributed by atoms with Gasteiger partial charge in [0.15, 0.2) is 0 Å². The van der Waals surface area contributed by atoms with Gasteiger partial charge in [-0.05, 0) is 44.0 Å². The smallest absolute Gasteiger partial charge is 0.261 e. The molecule has 3 aromatic rings. The zero-order valence-electron chi connectivity index (χ0n) is 15.7. The maximum Gasteiger partial charge on any atom is 0.261 e. The predicted molar refractivity (Wildman–Crippen MR) is 109 cm³/mol. The largest absolute Gasteiger partial charge is 0.354 e. The van der Waals surface area contributed by atoms with Crippen molar-refractivity contribution in [3.8, 4) is 11.3 Å². The molecule has 3 heterocycles. The van der Waals surface area contributed by atoms with Crippen LogP contribution in [0.15, 0.2) is 42.6 Å². The molecular weight excluding hydrogens is 356 g/mol. The van der Waals surface area contributed by atoms with Gasteiger partial charge in [0.25, 0.3) is 5.91 Å².